The molecule has 0 N–H and O–H groups in total. The number of nitrogens with zero attached hydrogens (tertiary/aromatic N) is 1. The molecular weight excluding hydrogens is 98.2 g/mol. The van der Waals surface area contributed by atoms with Crippen molar-refractivity contribution in [3.63, 3.8) is 0 Å². The molecule has 0 unspecified atom stereocenters. The second kappa shape index (κ2) is 8.93. The summed E-state index contributed by atoms with van der Waals surface area (Å²) in [4.78, 5) is 0. The van der Waals surface area contributed by atoms with Crippen LogP contribution >= 0.6 is 12.6 Å². The van der Waals surface area contributed by atoms with Crippen LogP contribution in [0.2, 0.25) is 0 Å². The van der Waals surface area contributed by atoms with Crippen molar-refractivity contribution in [1.29, 1.82) is 5.26 Å². The first kappa shape index (κ1) is 8.92. The van der Waals surface area contributed by atoms with Gasteiger partial charge >= 0.3 is 39.2 Å². The average Bonchev–Trinajstić information content (AvgIpc) is 0.918. The van der Waals surface area contributed by atoms with Crippen LogP contribution in [0.4, 0.5) is 0 Å². The Bertz CT molecular complexity index is 33.1. The maximum absolute atomic E-state index is 7.18. The van der Waals surface area contributed by atoms with Crippen LogP contribution < -0.4 is 0 Å². The van der Waals surface area contributed by atoms with Gasteiger partial charge < -0.3 is 0 Å². The fourth-order valence-electron chi connectivity index (χ4n) is 0. The van der Waals surface area contributed by atoms with Crippen molar-refractivity contribution in [2.75, 3.05) is 0 Å². The van der Waals surface area contributed by atoms with Gasteiger partial charge in [-0.05, 0) is 0 Å². The average molecular weight is 102 g/mol. The predicted molar refractivity (Wildman–Crippen MR) is 24.3 cm³/mol. The zero-order valence-corrected chi connectivity index (χ0v) is 2.29. The van der Waals surface area contributed by atoms with E-state index in [2.05, 4.69) is 12.6 Å². The number of hydrogen-bond donors (Lipinski definition) is 1. The normalized spacial score (nSPS) is 2.00. The molecule has 0 spiro atoms. The molecule has 0 fully saturated rings. The Morgan fingerprint density at radius 2 is 2.00 bits per heavy atom. The molecule has 0 saturated carbocycles. The van der Waals surface area contributed by atoms with Crippen LogP contribution in [0.15, 0.2) is 0 Å². The Morgan fingerprint density at radius 3 is 2.00 bits per heavy atom. The van der Waals surface area contributed by atoms with Crippen molar-refractivity contribution in [1.82, 2.24) is 0 Å². The van der Waals surface area contributed by atoms with Gasteiger partial charge in [-0.15, -0.1) is 0 Å². The topological polar surface area (TPSA) is 23.8 Å². The first-order valence-electron chi connectivity index (χ1n) is 0.447. The van der Waals surface area contributed by atoms with E-state index in [4.69, 9.17) is 5.26 Å². The molecule has 0 saturated heterocycles. The number of thiol groups is 1. The van der Waals surface area contributed by atoms with Gasteiger partial charge in [-0.2, -0.15) is 5.26 Å². The predicted octanol–water partition coefficient (Wildman–Crippen LogP) is -0.406. The van der Waals surface area contributed by atoms with Crippen molar-refractivity contribution in [2.45, 2.75) is 0 Å². The minimum atomic E-state index is 0. The number of nitriles is 1. The van der Waals surface area contributed by atoms with E-state index < -0.39 is 0 Å². The molecule has 0 aromatic carbocycles. The zero-order valence-electron chi connectivity index (χ0n) is 2.39. The van der Waals surface area contributed by atoms with Gasteiger partial charge in [-0.1, -0.05) is 12.6 Å². The summed E-state index contributed by atoms with van der Waals surface area (Å²) >= 11 is 3.09. The van der Waals surface area contributed by atoms with Crippen molar-refractivity contribution in [3.05, 3.63) is 0 Å². The molecule has 0 amide bonds. The van der Waals surface area contributed by atoms with E-state index in [0.29, 0.717) is 0 Å². The molecule has 3 heteroatoms. The fourth-order valence-corrected chi connectivity index (χ4v) is 0. The van der Waals surface area contributed by atoms with E-state index in [1.54, 1.807) is 0 Å². The maximum atomic E-state index is 7.18. The molecule has 0 aliphatic heterocycles. The summed E-state index contributed by atoms with van der Waals surface area (Å²) in [7, 11) is 0. The summed E-state index contributed by atoms with van der Waals surface area (Å²) < 4.78 is 0. The van der Waals surface area contributed by atoms with Crippen LogP contribution in [0.5, 0.6) is 0 Å². The van der Waals surface area contributed by atoms with E-state index in [1.165, 1.54) is 5.40 Å². The molecular formula is CH4CaNS+. The van der Waals surface area contributed by atoms with Crippen molar-refractivity contribution >= 4 is 50.4 Å². The molecule has 0 aliphatic rings. The Labute approximate surface area is 61.9 Å². The monoisotopic (exact) mass is 102 g/mol. The van der Waals surface area contributed by atoms with Gasteiger partial charge in [0.1, 0.15) is 5.40 Å². The van der Waals surface area contributed by atoms with Gasteiger partial charge in [0.15, 0.2) is 0 Å². The Kier molecular flexibility index (Phi) is 19.9. The molecule has 0 rings (SSSR count). The number of hydrogen-bond acceptors (Lipinski definition) is 2. The molecule has 0 aromatic heterocycles. The van der Waals surface area contributed by atoms with Gasteiger partial charge in [-0.25, -0.2) is 0 Å². The van der Waals surface area contributed by atoms with E-state index >= 15 is 0 Å². The van der Waals surface area contributed by atoms with E-state index in [1.807, 2.05) is 0 Å². The molecule has 0 bridgehead atoms. The van der Waals surface area contributed by atoms with Crippen LogP contribution in [0.1, 0.15) is 1.43 Å². The number of thiocyanates is 1. The van der Waals surface area contributed by atoms with E-state index in [9.17, 15) is 0 Å². The summed E-state index contributed by atoms with van der Waals surface area (Å²) in [6.45, 7) is 0. The Balaban J connectivity index is -0.0000000200. The standard InChI is InChI=1S/CHNS.Ca.2H/c2-1-3;;;/h3H;;;/p+1. The zero-order chi connectivity index (χ0) is 2.71. The first-order valence-corrected chi connectivity index (χ1v) is 0.894. The second-order valence-electron chi connectivity index (χ2n) is 0.100. The molecule has 4 heavy (non-hydrogen) atoms. The smallest absolute Gasteiger partial charge is 1.00 e. The molecule has 0 aromatic rings. The van der Waals surface area contributed by atoms with Gasteiger partial charge in [0, 0.05) is 0 Å². The summed E-state index contributed by atoms with van der Waals surface area (Å²) in [5.74, 6) is 0. The van der Waals surface area contributed by atoms with Crippen LogP contribution in [0, 0.1) is 10.7 Å². The van der Waals surface area contributed by atoms with Gasteiger partial charge in [-0.3, -0.25) is 0 Å². The van der Waals surface area contributed by atoms with E-state index in [-0.39, 0.29) is 39.2 Å². The van der Waals surface area contributed by atoms with E-state index in [0.717, 1.165) is 0 Å². The summed E-state index contributed by atoms with van der Waals surface area (Å²) in [5, 5.41) is 8.63. The molecule has 1 nitrogen and oxygen atoms in total. The summed E-state index contributed by atoms with van der Waals surface area (Å²) in [6.07, 6.45) is 0. The Hall–Kier alpha value is 1.10. The van der Waals surface area contributed by atoms with Crippen LogP contribution in [0.25, 0.3) is 0 Å². The fraction of sp³-hybridized carbons (Fsp3) is 0. The second-order valence-corrected chi connectivity index (χ2v) is 0.300. The quantitative estimate of drug-likeness (QED) is 0.251. The van der Waals surface area contributed by atoms with Crippen molar-refractivity contribution < 1.29 is 1.43 Å². The van der Waals surface area contributed by atoms with Crippen LogP contribution in [-0.2, 0) is 0 Å². The van der Waals surface area contributed by atoms with Crippen LogP contribution in [-0.4, -0.2) is 37.7 Å². The molecule has 20 valence electrons. The van der Waals surface area contributed by atoms with Crippen molar-refractivity contribution in [3.8, 4) is 5.40 Å². The third-order valence-corrected chi connectivity index (χ3v) is 0. The first-order chi connectivity index (χ1) is 1.41. The molecule has 0 atom stereocenters. The summed E-state index contributed by atoms with van der Waals surface area (Å²) in [6, 6.07) is 0. The summed E-state index contributed by atoms with van der Waals surface area (Å²) in [5.41, 5.74) is 0. The number of rotatable bonds is 0. The van der Waals surface area contributed by atoms with Gasteiger partial charge in [0.2, 0.25) is 0 Å². The minimum absolute atomic E-state index is 0. The Morgan fingerprint density at radius 1 is 2.00 bits per heavy atom. The van der Waals surface area contributed by atoms with Crippen molar-refractivity contribution in [2.24, 2.45) is 0 Å². The molecule has 0 radical (unpaired) electrons. The molecule has 0 heterocycles. The third kappa shape index (κ3) is 11.3. The molecule has 0 aliphatic carbocycles. The maximum Gasteiger partial charge on any atom is 1.00 e. The third-order valence-electron chi connectivity index (χ3n) is 0. The largest absolute Gasteiger partial charge is 1.00 e. The van der Waals surface area contributed by atoms with Crippen LogP contribution in [0.3, 0.4) is 0 Å². The minimum Gasteiger partial charge on any atom is 1.00 e. The van der Waals surface area contributed by atoms with Gasteiger partial charge in [0.25, 0.3) is 0 Å². The SMILES string of the molecule is N#CS.[CaH2].[H+]. The van der Waals surface area contributed by atoms with Gasteiger partial charge in [0.05, 0.1) is 0 Å².